The number of amides is 4. The Bertz CT molecular complexity index is 1150. The lowest BCUT2D eigenvalue weighted by Gasteiger charge is -2.24. The van der Waals surface area contributed by atoms with Gasteiger partial charge < -0.3 is 27.0 Å². The predicted molar refractivity (Wildman–Crippen MR) is 164 cm³/mol. The standard InChI is InChI=1S/C29H39N5O5S2/c1-19(2)13-24(29(39)41-18-21-11-7-4-8-12-21)34-28(38)23(14-20-9-5-3-6-10-20)33-26(36)16-31-25(35)15-32-27(37)22(30)17-40/h3-12,19,22-24,40H,13-18,30H2,1-2H3,(H,31,35)(H,32,37)(H,33,36)(H,34,38)/t22-,23-,24-/m0/s1. The minimum atomic E-state index is -0.989. The highest BCUT2D eigenvalue weighted by molar-refractivity contribution is 8.13. The molecule has 0 aliphatic heterocycles. The first-order valence-electron chi connectivity index (χ1n) is 13.3. The van der Waals surface area contributed by atoms with Crippen LogP contribution in [-0.2, 0) is 36.1 Å². The molecule has 4 amide bonds. The Balaban J connectivity index is 2.03. The van der Waals surface area contributed by atoms with Crippen molar-refractivity contribution in [1.82, 2.24) is 21.3 Å². The quantitative estimate of drug-likeness (QED) is 0.158. The highest BCUT2D eigenvalue weighted by Crippen LogP contribution is 2.18. The van der Waals surface area contributed by atoms with Gasteiger partial charge in [-0.3, -0.25) is 24.0 Å². The van der Waals surface area contributed by atoms with Gasteiger partial charge in [-0.2, -0.15) is 12.6 Å². The molecule has 0 saturated heterocycles. The third-order valence-corrected chi connectivity index (χ3v) is 7.31. The third-order valence-electron chi connectivity index (χ3n) is 5.87. The summed E-state index contributed by atoms with van der Waals surface area (Å²) >= 11 is 5.07. The zero-order valence-electron chi connectivity index (χ0n) is 23.3. The van der Waals surface area contributed by atoms with Crippen LogP contribution in [-0.4, -0.2) is 65.7 Å². The van der Waals surface area contributed by atoms with Gasteiger partial charge in [0.1, 0.15) is 6.04 Å². The number of rotatable bonds is 16. The first-order valence-corrected chi connectivity index (χ1v) is 15.0. The van der Waals surface area contributed by atoms with Gasteiger partial charge in [-0.05, 0) is 23.5 Å². The molecule has 41 heavy (non-hydrogen) atoms. The van der Waals surface area contributed by atoms with Crippen molar-refractivity contribution in [1.29, 1.82) is 0 Å². The van der Waals surface area contributed by atoms with Crippen molar-refractivity contribution in [3.63, 3.8) is 0 Å². The SMILES string of the molecule is CC(C)C[C@H](NC(=O)[C@H](Cc1ccccc1)NC(=O)CNC(=O)CNC(=O)[C@@H](N)CS)C(=O)SCc1ccccc1. The molecule has 0 aromatic heterocycles. The highest BCUT2D eigenvalue weighted by atomic mass is 32.2. The molecule has 0 fully saturated rings. The summed E-state index contributed by atoms with van der Waals surface area (Å²) in [5, 5.41) is 10.1. The average Bonchev–Trinajstić information content (AvgIpc) is 2.97. The summed E-state index contributed by atoms with van der Waals surface area (Å²) in [5.41, 5.74) is 7.36. The molecule has 2 aromatic rings. The van der Waals surface area contributed by atoms with Gasteiger partial charge >= 0.3 is 0 Å². The van der Waals surface area contributed by atoms with Gasteiger partial charge in [0.15, 0.2) is 0 Å². The van der Waals surface area contributed by atoms with Gasteiger partial charge in [-0.25, -0.2) is 0 Å². The Morgan fingerprint density at radius 3 is 1.95 bits per heavy atom. The largest absolute Gasteiger partial charge is 0.346 e. The fourth-order valence-corrected chi connectivity index (χ4v) is 4.74. The van der Waals surface area contributed by atoms with E-state index in [0.29, 0.717) is 12.2 Å². The summed E-state index contributed by atoms with van der Waals surface area (Å²) in [7, 11) is 0. The zero-order valence-corrected chi connectivity index (χ0v) is 25.0. The number of thiol groups is 1. The summed E-state index contributed by atoms with van der Waals surface area (Å²) in [5.74, 6) is -1.49. The summed E-state index contributed by atoms with van der Waals surface area (Å²) in [6.45, 7) is 3.16. The van der Waals surface area contributed by atoms with Crippen LogP contribution in [0.4, 0.5) is 0 Å². The van der Waals surface area contributed by atoms with Crippen molar-refractivity contribution in [3.05, 3.63) is 71.8 Å². The number of benzene rings is 2. The fraction of sp³-hybridized carbons (Fsp3) is 0.414. The summed E-state index contributed by atoms with van der Waals surface area (Å²) in [4.78, 5) is 63.0. The topological polar surface area (TPSA) is 159 Å². The van der Waals surface area contributed by atoms with Crippen molar-refractivity contribution in [2.24, 2.45) is 11.7 Å². The van der Waals surface area contributed by atoms with E-state index in [1.807, 2.05) is 74.5 Å². The molecule has 0 bridgehead atoms. The fourth-order valence-electron chi connectivity index (χ4n) is 3.71. The molecule has 2 aromatic carbocycles. The van der Waals surface area contributed by atoms with E-state index in [0.717, 1.165) is 22.9 Å². The second kappa shape index (κ2) is 18.2. The zero-order chi connectivity index (χ0) is 30.2. The lowest BCUT2D eigenvalue weighted by Crippen LogP contribution is -2.54. The van der Waals surface area contributed by atoms with Crippen LogP contribution in [0.5, 0.6) is 0 Å². The molecule has 0 spiro atoms. The van der Waals surface area contributed by atoms with E-state index in [4.69, 9.17) is 5.73 Å². The van der Waals surface area contributed by atoms with Crippen LogP contribution in [0.15, 0.2) is 60.7 Å². The molecule has 3 atom stereocenters. The van der Waals surface area contributed by atoms with Crippen LogP contribution in [0.1, 0.15) is 31.4 Å². The van der Waals surface area contributed by atoms with E-state index >= 15 is 0 Å². The van der Waals surface area contributed by atoms with Crippen molar-refractivity contribution < 1.29 is 24.0 Å². The molecule has 0 radical (unpaired) electrons. The van der Waals surface area contributed by atoms with Crippen LogP contribution in [0.2, 0.25) is 0 Å². The normalized spacial score (nSPS) is 13.0. The molecular formula is C29H39N5O5S2. The molecule has 10 nitrogen and oxygen atoms in total. The molecule has 6 N–H and O–H groups in total. The highest BCUT2D eigenvalue weighted by Gasteiger charge is 2.28. The molecule has 222 valence electrons. The van der Waals surface area contributed by atoms with Gasteiger partial charge in [-0.1, -0.05) is 86.3 Å². The van der Waals surface area contributed by atoms with Crippen LogP contribution < -0.4 is 27.0 Å². The van der Waals surface area contributed by atoms with E-state index in [-0.39, 0.29) is 29.8 Å². The molecule has 0 saturated carbocycles. The van der Waals surface area contributed by atoms with Crippen molar-refractivity contribution in [2.75, 3.05) is 18.8 Å². The Morgan fingerprint density at radius 1 is 0.780 bits per heavy atom. The van der Waals surface area contributed by atoms with Crippen LogP contribution >= 0.6 is 24.4 Å². The van der Waals surface area contributed by atoms with Gasteiger partial charge in [0.25, 0.3) is 0 Å². The Kier molecular flexibility index (Phi) is 15.0. The van der Waals surface area contributed by atoms with Gasteiger partial charge in [0.05, 0.1) is 25.2 Å². The monoisotopic (exact) mass is 601 g/mol. The molecule has 0 unspecified atom stereocenters. The van der Waals surface area contributed by atoms with Gasteiger partial charge in [0, 0.05) is 17.9 Å². The number of carbonyl (C=O) groups excluding carboxylic acids is 5. The molecule has 0 heterocycles. The Hall–Kier alpha value is -3.35. The minimum Gasteiger partial charge on any atom is -0.346 e. The molecule has 2 rings (SSSR count). The number of carbonyl (C=O) groups is 5. The van der Waals surface area contributed by atoms with Gasteiger partial charge in [-0.15, -0.1) is 0 Å². The minimum absolute atomic E-state index is 0.121. The van der Waals surface area contributed by atoms with E-state index in [1.54, 1.807) is 0 Å². The maximum atomic E-state index is 13.4. The summed E-state index contributed by atoms with van der Waals surface area (Å²) in [6.07, 6.45) is 0.626. The number of thioether (sulfide) groups is 1. The maximum absolute atomic E-state index is 13.4. The second-order valence-electron chi connectivity index (χ2n) is 9.88. The Morgan fingerprint density at radius 2 is 1.37 bits per heavy atom. The average molecular weight is 602 g/mol. The number of nitrogens with two attached hydrogens (primary N) is 1. The predicted octanol–water partition coefficient (Wildman–Crippen LogP) is 1.19. The molecule has 0 aliphatic carbocycles. The smallest absolute Gasteiger partial charge is 0.243 e. The lowest BCUT2D eigenvalue weighted by molar-refractivity contribution is -0.131. The van der Waals surface area contributed by atoms with E-state index in [1.165, 1.54) is 0 Å². The number of hydrogen-bond donors (Lipinski definition) is 6. The van der Waals surface area contributed by atoms with Crippen LogP contribution in [0.3, 0.4) is 0 Å². The third kappa shape index (κ3) is 13.2. The lowest BCUT2D eigenvalue weighted by atomic mass is 10.0. The number of hydrogen-bond acceptors (Lipinski definition) is 8. The van der Waals surface area contributed by atoms with Crippen molar-refractivity contribution in [3.8, 4) is 0 Å². The Labute approximate surface area is 250 Å². The summed E-state index contributed by atoms with van der Waals surface area (Å²) in [6, 6.07) is 16.2. The maximum Gasteiger partial charge on any atom is 0.243 e. The molecule has 12 heteroatoms. The number of nitrogens with one attached hydrogen (secondary N) is 4. The van der Waals surface area contributed by atoms with Gasteiger partial charge in [0.2, 0.25) is 28.7 Å². The van der Waals surface area contributed by atoms with E-state index in [9.17, 15) is 24.0 Å². The molecular weight excluding hydrogens is 562 g/mol. The van der Waals surface area contributed by atoms with Crippen molar-refractivity contribution in [2.45, 2.75) is 50.6 Å². The summed E-state index contributed by atoms with van der Waals surface area (Å²) < 4.78 is 0. The van der Waals surface area contributed by atoms with Crippen LogP contribution in [0, 0.1) is 5.92 Å². The second-order valence-corrected chi connectivity index (χ2v) is 11.2. The first kappa shape index (κ1) is 33.9. The molecule has 0 aliphatic rings. The van der Waals surface area contributed by atoms with E-state index in [2.05, 4.69) is 33.9 Å². The van der Waals surface area contributed by atoms with Crippen molar-refractivity contribution >= 4 is 53.1 Å². The van der Waals surface area contributed by atoms with Crippen LogP contribution in [0.25, 0.3) is 0 Å². The first-order chi connectivity index (χ1) is 19.6. The van der Waals surface area contributed by atoms with E-state index < -0.39 is 48.3 Å².